The zero-order valence-electron chi connectivity index (χ0n) is 8.64. The lowest BCUT2D eigenvalue weighted by molar-refractivity contribution is 0.314. The second kappa shape index (κ2) is 5.89. The minimum Gasteiger partial charge on any atom is -0.492 e. The Hall–Kier alpha value is -0.730. The van der Waals surface area contributed by atoms with Gasteiger partial charge in [0.25, 0.3) is 0 Å². The van der Waals surface area contributed by atoms with Crippen LogP contribution in [-0.4, -0.2) is 13.7 Å². The van der Waals surface area contributed by atoms with Crippen LogP contribution >= 0.6 is 11.6 Å². The number of hydrogen-bond acceptors (Lipinski definition) is 2. The molecule has 3 heteroatoms. The molecule has 0 amide bonds. The van der Waals surface area contributed by atoms with Gasteiger partial charge in [0.15, 0.2) is 0 Å². The quantitative estimate of drug-likeness (QED) is 0.812. The Balaban J connectivity index is 2.84. The van der Waals surface area contributed by atoms with Gasteiger partial charge in [-0.2, -0.15) is 0 Å². The minimum atomic E-state index is 0.686. The predicted molar refractivity (Wildman–Crippen MR) is 60.0 cm³/mol. The van der Waals surface area contributed by atoms with E-state index in [9.17, 15) is 0 Å². The lowest BCUT2D eigenvalue weighted by atomic mass is 10.2. The lowest BCUT2D eigenvalue weighted by Gasteiger charge is -2.11. The molecular formula is C11H16ClNO. The number of nitrogens with one attached hydrogen (secondary N) is 1. The van der Waals surface area contributed by atoms with Gasteiger partial charge in [-0.15, -0.1) is 0 Å². The van der Waals surface area contributed by atoms with Crippen molar-refractivity contribution in [1.82, 2.24) is 5.32 Å². The van der Waals surface area contributed by atoms with Crippen LogP contribution < -0.4 is 10.1 Å². The third-order valence-electron chi connectivity index (χ3n) is 1.87. The molecule has 0 atom stereocenters. The number of ether oxygens (including phenoxy) is 1. The normalized spacial score (nSPS) is 10.2. The molecule has 0 radical (unpaired) electrons. The molecule has 1 rings (SSSR count). The number of halogens is 1. The molecule has 1 aromatic rings. The second-order valence-electron chi connectivity index (χ2n) is 3.11. The molecule has 0 saturated heterocycles. The van der Waals surface area contributed by atoms with Crippen molar-refractivity contribution >= 4 is 11.6 Å². The predicted octanol–water partition coefficient (Wildman–Crippen LogP) is 2.85. The maximum Gasteiger partial charge on any atom is 0.142 e. The Labute approximate surface area is 90.2 Å². The van der Waals surface area contributed by atoms with Crippen LogP contribution in [0.15, 0.2) is 18.2 Å². The molecule has 1 N–H and O–H groups in total. The molecule has 0 aliphatic rings. The number of benzene rings is 1. The highest BCUT2D eigenvalue weighted by atomic mass is 35.5. The van der Waals surface area contributed by atoms with Crippen molar-refractivity contribution in [3.8, 4) is 5.75 Å². The van der Waals surface area contributed by atoms with Crippen LogP contribution in [0.4, 0.5) is 0 Å². The zero-order valence-corrected chi connectivity index (χ0v) is 9.40. The highest BCUT2D eigenvalue weighted by molar-refractivity contribution is 6.32. The summed E-state index contributed by atoms with van der Waals surface area (Å²) in [6.07, 6.45) is 0.990. The summed E-state index contributed by atoms with van der Waals surface area (Å²) in [5.74, 6) is 0.811. The van der Waals surface area contributed by atoms with Crippen LogP contribution in [0.25, 0.3) is 0 Å². The lowest BCUT2D eigenvalue weighted by Crippen LogP contribution is -2.08. The largest absolute Gasteiger partial charge is 0.492 e. The standard InChI is InChI=1S/C11H16ClNO/c1-3-7-14-11-9(8-13-2)5-4-6-10(11)12/h4-6,13H,3,7-8H2,1-2H3. The first-order chi connectivity index (χ1) is 6.79. The van der Waals surface area contributed by atoms with E-state index in [-0.39, 0.29) is 0 Å². The summed E-state index contributed by atoms with van der Waals surface area (Å²) >= 11 is 6.05. The third-order valence-corrected chi connectivity index (χ3v) is 2.16. The average molecular weight is 214 g/mol. The molecule has 0 unspecified atom stereocenters. The van der Waals surface area contributed by atoms with E-state index in [0.29, 0.717) is 11.6 Å². The highest BCUT2D eigenvalue weighted by Crippen LogP contribution is 2.28. The van der Waals surface area contributed by atoms with E-state index < -0.39 is 0 Å². The fourth-order valence-electron chi connectivity index (χ4n) is 1.25. The molecule has 78 valence electrons. The Bertz CT molecular complexity index is 289. The van der Waals surface area contributed by atoms with Crippen LogP contribution in [0.1, 0.15) is 18.9 Å². The number of para-hydroxylation sites is 1. The van der Waals surface area contributed by atoms with Gasteiger partial charge in [-0.05, 0) is 19.5 Å². The molecule has 0 fully saturated rings. The first-order valence-corrected chi connectivity index (χ1v) is 5.22. The molecule has 0 saturated carbocycles. The Morgan fingerprint density at radius 3 is 2.86 bits per heavy atom. The molecule has 0 heterocycles. The fraction of sp³-hybridized carbons (Fsp3) is 0.455. The third kappa shape index (κ3) is 2.89. The minimum absolute atomic E-state index is 0.686. The molecule has 0 aliphatic carbocycles. The molecule has 0 aromatic heterocycles. The van der Waals surface area contributed by atoms with Gasteiger partial charge in [-0.3, -0.25) is 0 Å². The van der Waals surface area contributed by atoms with Gasteiger partial charge < -0.3 is 10.1 Å². The molecular weight excluding hydrogens is 198 g/mol. The van der Waals surface area contributed by atoms with E-state index in [1.807, 2.05) is 25.2 Å². The zero-order chi connectivity index (χ0) is 10.4. The second-order valence-corrected chi connectivity index (χ2v) is 3.51. The maximum atomic E-state index is 6.05. The van der Waals surface area contributed by atoms with Crippen molar-refractivity contribution in [1.29, 1.82) is 0 Å². The van der Waals surface area contributed by atoms with E-state index in [1.165, 1.54) is 0 Å². The summed E-state index contributed by atoms with van der Waals surface area (Å²) in [5.41, 5.74) is 1.11. The first kappa shape index (κ1) is 11.3. The van der Waals surface area contributed by atoms with Gasteiger partial charge in [0.05, 0.1) is 11.6 Å². The van der Waals surface area contributed by atoms with Crippen molar-refractivity contribution in [2.75, 3.05) is 13.7 Å². The summed E-state index contributed by atoms with van der Waals surface area (Å²) in [5, 5.41) is 3.78. The van der Waals surface area contributed by atoms with E-state index in [4.69, 9.17) is 16.3 Å². The van der Waals surface area contributed by atoms with E-state index in [2.05, 4.69) is 12.2 Å². The number of hydrogen-bond donors (Lipinski definition) is 1. The summed E-state index contributed by atoms with van der Waals surface area (Å²) in [4.78, 5) is 0. The van der Waals surface area contributed by atoms with E-state index >= 15 is 0 Å². The maximum absolute atomic E-state index is 6.05. The van der Waals surface area contributed by atoms with Gasteiger partial charge in [0, 0.05) is 12.1 Å². The summed E-state index contributed by atoms with van der Waals surface area (Å²) in [6.45, 7) is 3.56. The van der Waals surface area contributed by atoms with Gasteiger partial charge in [-0.25, -0.2) is 0 Å². The van der Waals surface area contributed by atoms with Crippen LogP contribution in [0, 0.1) is 0 Å². The summed E-state index contributed by atoms with van der Waals surface area (Å²) in [6, 6.07) is 5.81. The van der Waals surface area contributed by atoms with Crippen LogP contribution in [0.2, 0.25) is 5.02 Å². The fourth-order valence-corrected chi connectivity index (χ4v) is 1.50. The molecule has 0 aliphatic heterocycles. The van der Waals surface area contributed by atoms with Crippen molar-refractivity contribution in [3.63, 3.8) is 0 Å². The molecule has 2 nitrogen and oxygen atoms in total. The van der Waals surface area contributed by atoms with Gasteiger partial charge >= 0.3 is 0 Å². The summed E-state index contributed by atoms with van der Waals surface area (Å²) < 4.78 is 5.60. The molecule has 0 spiro atoms. The van der Waals surface area contributed by atoms with Crippen molar-refractivity contribution in [3.05, 3.63) is 28.8 Å². The van der Waals surface area contributed by atoms with Crippen LogP contribution in [0.3, 0.4) is 0 Å². The van der Waals surface area contributed by atoms with Crippen molar-refractivity contribution in [2.45, 2.75) is 19.9 Å². The van der Waals surface area contributed by atoms with E-state index in [0.717, 1.165) is 24.3 Å². The van der Waals surface area contributed by atoms with Crippen LogP contribution in [-0.2, 0) is 6.54 Å². The number of rotatable bonds is 5. The SMILES string of the molecule is CCCOc1c(Cl)cccc1CNC. The van der Waals surface area contributed by atoms with Gasteiger partial charge in [-0.1, -0.05) is 30.7 Å². The monoisotopic (exact) mass is 213 g/mol. The van der Waals surface area contributed by atoms with Gasteiger partial charge in [0.1, 0.15) is 5.75 Å². The molecule has 1 aromatic carbocycles. The summed E-state index contributed by atoms with van der Waals surface area (Å²) in [7, 11) is 1.91. The van der Waals surface area contributed by atoms with Crippen LogP contribution in [0.5, 0.6) is 5.75 Å². The van der Waals surface area contributed by atoms with Crippen molar-refractivity contribution in [2.24, 2.45) is 0 Å². The first-order valence-electron chi connectivity index (χ1n) is 4.84. The van der Waals surface area contributed by atoms with Gasteiger partial charge in [0.2, 0.25) is 0 Å². The molecule has 14 heavy (non-hydrogen) atoms. The Morgan fingerprint density at radius 1 is 1.43 bits per heavy atom. The average Bonchev–Trinajstić information content (AvgIpc) is 2.18. The Morgan fingerprint density at radius 2 is 2.21 bits per heavy atom. The highest BCUT2D eigenvalue weighted by Gasteiger charge is 2.06. The smallest absolute Gasteiger partial charge is 0.142 e. The van der Waals surface area contributed by atoms with E-state index in [1.54, 1.807) is 0 Å². The Kier molecular flexibility index (Phi) is 4.77. The topological polar surface area (TPSA) is 21.3 Å². The molecule has 0 bridgehead atoms. The van der Waals surface area contributed by atoms with Crippen molar-refractivity contribution < 1.29 is 4.74 Å².